The number of benzene rings is 1. The second-order valence-electron chi connectivity index (χ2n) is 6.73. The van der Waals surface area contributed by atoms with E-state index < -0.39 is 5.97 Å². The number of amides is 2. The quantitative estimate of drug-likeness (QED) is 0.640. The summed E-state index contributed by atoms with van der Waals surface area (Å²) in [5.41, 5.74) is 1.76. The van der Waals surface area contributed by atoms with Crippen molar-refractivity contribution < 1.29 is 19.1 Å². The zero-order valence-corrected chi connectivity index (χ0v) is 18.6. The number of rotatable bonds is 6. The number of anilines is 2. The SMILES string of the molecule is COC(=O)c1ccc(N2CCCC2)c(NC(=O)CN(C)C(=O)c2ccc(Br)s2)c1. The van der Waals surface area contributed by atoms with Crippen LogP contribution >= 0.6 is 27.3 Å². The molecule has 1 aliphatic rings. The van der Waals surface area contributed by atoms with Crippen LogP contribution in [0, 0.1) is 0 Å². The van der Waals surface area contributed by atoms with Crippen LogP contribution in [0.4, 0.5) is 11.4 Å². The molecule has 0 unspecified atom stereocenters. The zero-order chi connectivity index (χ0) is 21.0. The van der Waals surface area contributed by atoms with Crippen molar-refractivity contribution in [2.45, 2.75) is 12.8 Å². The van der Waals surface area contributed by atoms with Gasteiger partial charge in [0.25, 0.3) is 5.91 Å². The Bertz CT molecular complexity index is 924. The highest BCUT2D eigenvalue weighted by Gasteiger charge is 2.21. The maximum atomic E-state index is 12.6. The van der Waals surface area contributed by atoms with Crippen molar-refractivity contribution in [3.8, 4) is 0 Å². The minimum atomic E-state index is -0.468. The molecule has 2 heterocycles. The highest BCUT2D eigenvalue weighted by atomic mass is 79.9. The van der Waals surface area contributed by atoms with E-state index in [1.807, 2.05) is 6.07 Å². The van der Waals surface area contributed by atoms with Crippen LogP contribution in [-0.4, -0.2) is 56.5 Å². The van der Waals surface area contributed by atoms with Gasteiger partial charge in [0.1, 0.15) is 0 Å². The van der Waals surface area contributed by atoms with E-state index in [4.69, 9.17) is 4.74 Å². The molecule has 0 saturated carbocycles. The lowest BCUT2D eigenvalue weighted by atomic mass is 10.1. The van der Waals surface area contributed by atoms with Crippen molar-refractivity contribution in [1.29, 1.82) is 0 Å². The van der Waals surface area contributed by atoms with Gasteiger partial charge in [0.2, 0.25) is 5.91 Å². The number of ether oxygens (including phenoxy) is 1. The lowest BCUT2D eigenvalue weighted by Crippen LogP contribution is -2.35. The minimum Gasteiger partial charge on any atom is -0.465 e. The largest absolute Gasteiger partial charge is 0.465 e. The third-order valence-corrected chi connectivity index (χ3v) is 6.26. The fraction of sp³-hybridized carbons (Fsp3) is 0.350. The number of methoxy groups -OCH3 is 1. The van der Waals surface area contributed by atoms with E-state index in [2.05, 4.69) is 26.1 Å². The molecule has 1 aliphatic heterocycles. The van der Waals surface area contributed by atoms with Gasteiger partial charge in [0.05, 0.1) is 39.3 Å². The van der Waals surface area contributed by atoms with Crippen molar-refractivity contribution >= 4 is 56.4 Å². The predicted octanol–water partition coefficient (Wildman–Crippen LogP) is 3.61. The van der Waals surface area contributed by atoms with E-state index in [0.717, 1.165) is 35.4 Å². The molecule has 3 rings (SSSR count). The van der Waals surface area contributed by atoms with Gasteiger partial charge in [-0.15, -0.1) is 11.3 Å². The van der Waals surface area contributed by atoms with Crippen LogP contribution in [0.25, 0.3) is 0 Å². The lowest BCUT2D eigenvalue weighted by molar-refractivity contribution is -0.116. The third kappa shape index (κ3) is 5.16. The minimum absolute atomic E-state index is 0.101. The first kappa shape index (κ1) is 21.3. The normalized spacial score (nSPS) is 13.3. The number of thiophene rings is 1. The van der Waals surface area contributed by atoms with Crippen molar-refractivity contribution in [2.24, 2.45) is 0 Å². The highest BCUT2D eigenvalue weighted by Crippen LogP contribution is 2.30. The summed E-state index contributed by atoms with van der Waals surface area (Å²) >= 11 is 4.65. The van der Waals surface area contributed by atoms with Crippen LogP contribution < -0.4 is 10.2 Å². The number of carbonyl (C=O) groups excluding carboxylic acids is 3. The molecule has 1 aromatic heterocycles. The highest BCUT2D eigenvalue weighted by molar-refractivity contribution is 9.11. The number of likely N-dealkylation sites (N-methyl/N-ethyl adjacent to an activating group) is 1. The molecule has 9 heteroatoms. The Hall–Kier alpha value is -2.39. The molecule has 0 bridgehead atoms. The molecule has 1 fully saturated rings. The van der Waals surface area contributed by atoms with Crippen LogP contribution in [0.5, 0.6) is 0 Å². The molecule has 0 spiro atoms. The molecule has 1 saturated heterocycles. The molecule has 2 aromatic rings. The van der Waals surface area contributed by atoms with Crippen LogP contribution in [0.3, 0.4) is 0 Å². The van der Waals surface area contributed by atoms with Crippen molar-refractivity contribution in [1.82, 2.24) is 4.90 Å². The molecule has 154 valence electrons. The summed E-state index contributed by atoms with van der Waals surface area (Å²) < 4.78 is 5.64. The molecule has 0 radical (unpaired) electrons. The van der Waals surface area contributed by atoms with Crippen molar-refractivity contribution in [2.75, 3.05) is 44.0 Å². The van der Waals surface area contributed by atoms with E-state index in [1.165, 1.54) is 23.3 Å². The first-order valence-corrected chi connectivity index (χ1v) is 10.8. The fourth-order valence-electron chi connectivity index (χ4n) is 3.21. The standard InChI is InChI=1S/C20H22BrN3O4S/c1-23(19(26)16-7-8-17(21)29-16)12-18(25)22-14-11-13(20(27)28-2)5-6-15(14)24-9-3-4-10-24/h5-8,11H,3-4,9-10,12H2,1-2H3,(H,22,25). The van der Waals surface area contributed by atoms with Gasteiger partial charge in [-0.05, 0) is 59.1 Å². The fourth-order valence-corrected chi connectivity index (χ4v) is 4.59. The molecule has 0 aliphatic carbocycles. The van der Waals surface area contributed by atoms with Gasteiger partial charge in [0, 0.05) is 20.1 Å². The maximum Gasteiger partial charge on any atom is 0.337 e. The molecule has 1 aromatic carbocycles. The third-order valence-electron chi connectivity index (χ3n) is 4.65. The Morgan fingerprint density at radius 2 is 1.93 bits per heavy atom. The van der Waals surface area contributed by atoms with Gasteiger partial charge in [-0.25, -0.2) is 4.79 Å². The summed E-state index contributed by atoms with van der Waals surface area (Å²) in [7, 11) is 2.90. The number of hydrogen-bond acceptors (Lipinski definition) is 6. The Kier molecular flexibility index (Phi) is 6.92. The second-order valence-corrected chi connectivity index (χ2v) is 9.19. The van der Waals surface area contributed by atoms with Gasteiger partial charge < -0.3 is 19.9 Å². The number of nitrogens with one attached hydrogen (secondary N) is 1. The number of carbonyl (C=O) groups is 3. The number of esters is 1. The zero-order valence-electron chi connectivity index (χ0n) is 16.2. The summed E-state index contributed by atoms with van der Waals surface area (Å²) in [5, 5.41) is 2.86. The molecule has 0 atom stereocenters. The first-order valence-electron chi connectivity index (χ1n) is 9.17. The second kappa shape index (κ2) is 9.41. The molecular formula is C20H22BrN3O4S. The van der Waals surface area contributed by atoms with Crippen LogP contribution in [0.2, 0.25) is 0 Å². The summed E-state index contributed by atoms with van der Waals surface area (Å²) in [4.78, 5) is 41.1. The van der Waals surface area contributed by atoms with Gasteiger partial charge in [-0.1, -0.05) is 0 Å². The van der Waals surface area contributed by atoms with E-state index in [9.17, 15) is 14.4 Å². The average Bonchev–Trinajstić information content (AvgIpc) is 3.38. The number of hydrogen-bond donors (Lipinski definition) is 1. The molecule has 2 amide bonds. The summed E-state index contributed by atoms with van der Waals surface area (Å²) in [5.74, 6) is -1.03. The topological polar surface area (TPSA) is 79.0 Å². The van der Waals surface area contributed by atoms with Gasteiger partial charge in [-0.3, -0.25) is 9.59 Å². The number of nitrogens with zero attached hydrogens (tertiary/aromatic N) is 2. The molecular weight excluding hydrogens is 458 g/mol. The van der Waals surface area contributed by atoms with E-state index in [-0.39, 0.29) is 18.4 Å². The Morgan fingerprint density at radius 3 is 2.55 bits per heavy atom. The van der Waals surface area contributed by atoms with Gasteiger partial charge in [0.15, 0.2) is 0 Å². The molecule has 7 nitrogen and oxygen atoms in total. The Morgan fingerprint density at radius 1 is 1.21 bits per heavy atom. The smallest absolute Gasteiger partial charge is 0.337 e. The van der Waals surface area contributed by atoms with Crippen molar-refractivity contribution in [3.63, 3.8) is 0 Å². The van der Waals surface area contributed by atoms with Crippen LogP contribution in [0.1, 0.15) is 32.9 Å². The van der Waals surface area contributed by atoms with Gasteiger partial charge in [-0.2, -0.15) is 0 Å². The summed E-state index contributed by atoms with van der Waals surface area (Å²) in [6, 6.07) is 8.66. The Labute approximate surface area is 181 Å². The monoisotopic (exact) mass is 479 g/mol. The van der Waals surface area contributed by atoms with E-state index >= 15 is 0 Å². The van der Waals surface area contributed by atoms with Crippen LogP contribution in [0.15, 0.2) is 34.1 Å². The maximum absolute atomic E-state index is 12.6. The lowest BCUT2D eigenvalue weighted by Gasteiger charge is -2.23. The van der Waals surface area contributed by atoms with Gasteiger partial charge >= 0.3 is 5.97 Å². The Balaban J connectivity index is 1.75. The average molecular weight is 480 g/mol. The molecule has 29 heavy (non-hydrogen) atoms. The van der Waals surface area contributed by atoms with E-state index in [0.29, 0.717) is 16.1 Å². The van der Waals surface area contributed by atoms with E-state index in [1.54, 1.807) is 31.3 Å². The van der Waals surface area contributed by atoms with Crippen LogP contribution in [-0.2, 0) is 9.53 Å². The predicted molar refractivity (Wildman–Crippen MR) is 117 cm³/mol. The number of halogens is 1. The summed E-state index contributed by atoms with van der Waals surface area (Å²) in [6.07, 6.45) is 2.17. The summed E-state index contributed by atoms with van der Waals surface area (Å²) in [6.45, 7) is 1.69. The van der Waals surface area contributed by atoms with Crippen molar-refractivity contribution in [3.05, 3.63) is 44.6 Å². The first-order chi connectivity index (χ1) is 13.9. The molecule has 1 N–H and O–H groups in total.